The minimum atomic E-state index is -2.86. The molecule has 0 spiro atoms. The lowest BCUT2D eigenvalue weighted by atomic mass is 10.1. The van der Waals surface area contributed by atoms with E-state index in [0.717, 1.165) is 11.1 Å². The lowest BCUT2D eigenvalue weighted by Crippen LogP contribution is -2.03. The number of hydrogen-bond donors (Lipinski definition) is 1. The van der Waals surface area contributed by atoms with E-state index in [9.17, 15) is 8.78 Å². The molecule has 94 valence electrons. The van der Waals surface area contributed by atoms with Crippen molar-refractivity contribution in [1.29, 1.82) is 0 Å². The number of alkyl halides is 2. The Morgan fingerprint density at radius 1 is 1.41 bits per heavy atom. The number of nitrogens with two attached hydrogens (primary N) is 1. The van der Waals surface area contributed by atoms with Gasteiger partial charge in [-0.15, -0.1) is 0 Å². The van der Waals surface area contributed by atoms with Crippen molar-refractivity contribution >= 4 is 6.08 Å². The minimum Gasteiger partial charge on any atom is -0.493 e. The summed E-state index contributed by atoms with van der Waals surface area (Å²) in [6.45, 7) is -0.538. The summed E-state index contributed by atoms with van der Waals surface area (Å²) in [5.41, 5.74) is 7.27. The molecule has 0 unspecified atom stereocenters. The Morgan fingerprint density at radius 3 is 2.65 bits per heavy atom. The Hall–Kier alpha value is -1.62. The maximum absolute atomic E-state index is 12.1. The molecule has 0 bridgehead atoms. The summed E-state index contributed by atoms with van der Waals surface area (Å²) in [7, 11) is 1.40. The highest BCUT2D eigenvalue weighted by Gasteiger charge is 2.10. The normalized spacial score (nSPS) is 11.8. The SMILES string of the molecule is COc1cc(C=C(C)CN)ccc1OC(F)F. The minimum absolute atomic E-state index is 0.0186. The zero-order chi connectivity index (χ0) is 12.8. The van der Waals surface area contributed by atoms with Crippen molar-refractivity contribution < 1.29 is 18.3 Å². The molecule has 0 aromatic heterocycles. The molecule has 0 fully saturated rings. The summed E-state index contributed by atoms with van der Waals surface area (Å²) < 4.78 is 33.5. The van der Waals surface area contributed by atoms with Crippen molar-refractivity contribution in [3.05, 3.63) is 29.3 Å². The molecule has 0 saturated carbocycles. The van der Waals surface area contributed by atoms with Crippen molar-refractivity contribution in [2.45, 2.75) is 13.5 Å². The van der Waals surface area contributed by atoms with E-state index < -0.39 is 6.61 Å². The third kappa shape index (κ3) is 4.03. The van der Waals surface area contributed by atoms with E-state index in [1.165, 1.54) is 13.2 Å². The van der Waals surface area contributed by atoms with E-state index in [-0.39, 0.29) is 11.5 Å². The molecule has 3 nitrogen and oxygen atoms in total. The average molecular weight is 243 g/mol. The second-order valence-electron chi connectivity index (χ2n) is 3.48. The van der Waals surface area contributed by atoms with E-state index in [0.29, 0.717) is 6.54 Å². The highest BCUT2D eigenvalue weighted by atomic mass is 19.3. The molecule has 0 saturated heterocycles. The molecule has 0 aliphatic heterocycles. The fraction of sp³-hybridized carbons (Fsp3) is 0.333. The van der Waals surface area contributed by atoms with Gasteiger partial charge in [0.05, 0.1) is 7.11 Å². The van der Waals surface area contributed by atoms with E-state index >= 15 is 0 Å². The molecule has 1 rings (SSSR count). The highest BCUT2D eigenvalue weighted by molar-refractivity contribution is 5.58. The van der Waals surface area contributed by atoms with Gasteiger partial charge in [-0.3, -0.25) is 0 Å². The molecule has 1 aromatic carbocycles. The van der Waals surface area contributed by atoms with Crippen LogP contribution in [0.2, 0.25) is 0 Å². The summed E-state index contributed by atoms with van der Waals surface area (Å²) in [5, 5.41) is 0. The lowest BCUT2D eigenvalue weighted by Gasteiger charge is -2.10. The number of rotatable bonds is 5. The first-order valence-electron chi connectivity index (χ1n) is 5.07. The molecular weight excluding hydrogens is 228 g/mol. The van der Waals surface area contributed by atoms with Gasteiger partial charge in [0.15, 0.2) is 11.5 Å². The van der Waals surface area contributed by atoms with Crippen LogP contribution in [0.15, 0.2) is 23.8 Å². The van der Waals surface area contributed by atoms with E-state index in [4.69, 9.17) is 10.5 Å². The fourth-order valence-corrected chi connectivity index (χ4v) is 1.31. The van der Waals surface area contributed by atoms with Crippen LogP contribution in [0.5, 0.6) is 11.5 Å². The molecule has 0 aliphatic rings. The van der Waals surface area contributed by atoms with Crippen LogP contribution >= 0.6 is 0 Å². The van der Waals surface area contributed by atoms with Gasteiger partial charge in [-0.2, -0.15) is 8.78 Å². The van der Waals surface area contributed by atoms with Gasteiger partial charge in [0, 0.05) is 6.54 Å². The average Bonchev–Trinajstić information content (AvgIpc) is 2.30. The third-order valence-corrected chi connectivity index (χ3v) is 2.14. The fourth-order valence-electron chi connectivity index (χ4n) is 1.31. The molecule has 0 amide bonds. The van der Waals surface area contributed by atoms with Crippen LogP contribution in [0.1, 0.15) is 12.5 Å². The van der Waals surface area contributed by atoms with Gasteiger partial charge in [0.25, 0.3) is 0 Å². The van der Waals surface area contributed by atoms with Crippen LogP contribution in [0.3, 0.4) is 0 Å². The number of hydrogen-bond acceptors (Lipinski definition) is 3. The van der Waals surface area contributed by atoms with Gasteiger partial charge >= 0.3 is 6.61 Å². The van der Waals surface area contributed by atoms with Crippen molar-refractivity contribution in [1.82, 2.24) is 0 Å². The smallest absolute Gasteiger partial charge is 0.387 e. The van der Waals surface area contributed by atoms with Crippen molar-refractivity contribution in [2.24, 2.45) is 5.73 Å². The summed E-state index contributed by atoms with van der Waals surface area (Å²) in [5.74, 6) is 0.286. The Kier molecular flexibility index (Phi) is 4.90. The number of benzene rings is 1. The molecular formula is C12H15F2NO2. The zero-order valence-corrected chi connectivity index (χ0v) is 9.74. The summed E-state index contributed by atoms with van der Waals surface area (Å²) in [6.07, 6.45) is 1.86. The number of ether oxygens (including phenoxy) is 2. The molecule has 0 atom stereocenters. The first kappa shape index (κ1) is 13.4. The second-order valence-corrected chi connectivity index (χ2v) is 3.48. The van der Waals surface area contributed by atoms with Crippen LogP contribution in [-0.4, -0.2) is 20.3 Å². The Bertz CT molecular complexity index is 405. The third-order valence-electron chi connectivity index (χ3n) is 2.14. The van der Waals surface area contributed by atoms with Gasteiger partial charge in [-0.25, -0.2) is 0 Å². The Morgan fingerprint density at radius 2 is 2.12 bits per heavy atom. The van der Waals surface area contributed by atoms with Crippen LogP contribution in [0, 0.1) is 0 Å². The maximum atomic E-state index is 12.1. The molecule has 0 heterocycles. The van der Waals surface area contributed by atoms with Gasteiger partial charge in [0.2, 0.25) is 0 Å². The van der Waals surface area contributed by atoms with Crippen LogP contribution in [0.25, 0.3) is 6.08 Å². The maximum Gasteiger partial charge on any atom is 0.387 e. The Labute approximate surface area is 98.8 Å². The van der Waals surface area contributed by atoms with Crippen LogP contribution < -0.4 is 15.2 Å². The molecule has 0 aliphatic carbocycles. The van der Waals surface area contributed by atoms with Gasteiger partial charge in [0.1, 0.15) is 0 Å². The summed E-state index contributed by atoms with van der Waals surface area (Å²) in [4.78, 5) is 0. The Balaban J connectivity index is 3.00. The quantitative estimate of drug-likeness (QED) is 0.864. The molecule has 2 N–H and O–H groups in total. The van der Waals surface area contributed by atoms with E-state index in [1.54, 1.807) is 12.1 Å². The first-order chi connectivity index (χ1) is 8.06. The number of methoxy groups -OCH3 is 1. The largest absolute Gasteiger partial charge is 0.493 e. The van der Waals surface area contributed by atoms with E-state index in [2.05, 4.69) is 4.74 Å². The van der Waals surface area contributed by atoms with Crippen molar-refractivity contribution in [2.75, 3.05) is 13.7 Å². The predicted octanol–water partition coefficient (Wildman–Crippen LogP) is 2.66. The standard InChI is InChI=1S/C12H15F2NO2/c1-8(7-15)5-9-3-4-10(17-12(13)14)11(6-9)16-2/h3-6,12H,7,15H2,1-2H3. The summed E-state index contributed by atoms with van der Waals surface area (Å²) in [6, 6.07) is 4.73. The van der Waals surface area contributed by atoms with Crippen LogP contribution in [-0.2, 0) is 0 Å². The van der Waals surface area contributed by atoms with Crippen LogP contribution in [0.4, 0.5) is 8.78 Å². The second kappa shape index (κ2) is 6.20. The molecule has 5 heteroatoms. The molecule has 0 radical (unpaired) electrons. The topological polar surface area (TPSA) is 44.5 Å². The van der Waals surface area contributed by atoms with E-state index in [1.807, 2.05) is 13.0 Å². The highest BCUT2D eigenvalue weighted by Crippen LogP contribution is 2.30. The van der Waals surface area contributed by atoms with Crippen molar-refractivity contribution in [3.63, 3.8) is 0 Å². The summed E-state index contributed by atoms with van der Waals surface area (Å²) >= 11 is 0. The molecule has 1 aromatic rings. The molecule has 17 heavy (non-hydrogen) atoms. The lowest BCUT2D eigenvalue weighted by molar-refractivity contribution is -0.0512. The number of halogens is 2. The predicted molar refractivity (Wildman–Crippen MR) is 62.3 cm³/mol. The van der Waals surface area contributed by atoms with Crippen molar-refractivity contribution in [3.8, 4) is 11.5 Å². The zero-order valence-electron chi connectivity index (χ0n) is 9.74. The van der Waals surface area contributed by atoms with Gasteiger partial charge < -0.3 is 15.2 Å². The van der Waals surface area contributed by atoms with Gasteiger partial charge in [-0.1, -0.05) is 17.7 Å². The van der Waals surface area contributed by atoms with Gasteiger partial charge in [-0.05, 0) is 24.6 Å². The first-order valence-corrected chi connectivity index (χ1v) is 5.07. The monoisotopic (exact) mass is 243 g/mol.